The fourth-order valence-electron chi connectivity index (χ4n) is 1.59. The Morgan fingerprint density at radius 2 is 2.11 bits per heavy atom. The molecule has 0 spiro atoms. The highest BCUT2D eigenvalue weighted by molar-refractivity contribution is 6.74. The van der Waals surface area contributed by atoms with E-state index in [1.807, 2.05) is 10.8 Å². The maximum atomic E-state index is 10.8. The molecule has 1 aromatic heterocycles. The van der Waals surface area contributed by atoms with E-state index in [9.17, 15) is 4.79 Å². The molecular formula is C13H24N2O2Si. The molecule has 102 valence electrons. The Balaban J connectivity index is 2.68. The van der Waals surface area contributed by atoms with Crippen LogP contribution in [0.15, 0.2) is 12.4 Å². The van der Waals surface area contributed by atoms with Crippen LogP contribution in [0.3, 0.4) is 0 Å². The molecule has 1 rings (SSSR count). The molecule has 0 amide bonds. The van der Waals surface area contributed by atoms with Gasteiger partial charge in [-0.1, -0.05) is 20.8 Å². The van der Waals surface area contributed by atoms with Gasteiger partial charge in [0.1, 0.15) is 0 Å². The van der Waals surface area contributed by atoms with Crippen molar-refractivity contribution in [2.75, 3.05) is 0 Å². The molecule has 0 aliphatic carbocycles. The van der Waals surface area contributed by atoms with Crippen LogP contribution in [0.25, 0.3) is 0 Å². The highest BCUT2D eigenvalue weighted by Crippen LogP contribution is 2.37. The number of imidazole rings is 1. The van der Waals surface area contributed by atoms with Crippen LogP contribution >= 0.6 is 0 Å². The van der Waals surface area contributed by atoms with Gasteiger partial charge in [-0.05, 0) is 25.1 Å². The van der Waals surface area contributed by atoms with Gasteiger partial charge in [0, 0.05) is 18.9 Å². The zero-order chi connectivity index (χ0) is 14.0. The summed E-state index contributed by atoms with van der Waals surface area (Å²) in [4.78, 5) is 14.8. The minimum Gasteiger partial charge on any atom is -0.412 e. The molecule has 0 bridgehead atoms. The van der Waals surface area contributed by atoms with Crippen LogP contribution in [-0.4, -0.2) is 30.3 Å². The molecule has 1 atom stereocenters. The Morgan fingerprint density at radius 3 is 2.61 bits per heavy atom. The van der Waals surface area contributed by atoms with Crippen molar-refractivity contribution < 1.29 is 9.22 Å². The van der Waals surface area contributed by atoms with Crippen LogP contribution in [0.5, 0.6) is 0 Å². The summed E-state index contributed by atoms with van der Waals surface area (Å²) in [6.45, 7) is 13.9. The van der Waals surface area contributed by atoms with E-state index >= 15 is 0 Å². The minimum atomic E-state index is -1.75. The van der Waals surface area contributed by atoms with Crippen LogP contribution in [0.2, 0.25) is 18.1 Å². The first-order valence-electron chi connectivity index (χ1n) is 6.31. The molecule has 0 fully saturated rings. The first-order chi connectivity index (χ1) is 8.17. The molecule has 1 aromatic rings. The van der Waals surface area contributed by atoms with E-state index in [1.54, 1.807) is 6.20 Å². The number of hydrogen-bond donors (Lipinski definition) is 0. The summed E-state index contributed by atoms with van der Waals surface area (Å²) in [7, 11) is -1.75. The van der Waals surface area contributed by atoms with E-state index in [1.165, 1.54) is 0 Å². The van der Waals surface area contributed by atoms with Gasteiger partial charge in [-0.3, -0.25) is 4.79 Å². The van der Waals surface area contributed by atoms with Gasteiger partial charge >= 0.3 is 0 Å². The van der Waals surface area contributed by atoms with E-state index in [0.29, 0.717) is 12.4 Å². The third-order valence-electron chi connectivity index (χ3n) is 3.61. The maximum Gasteiger partial charge on any atom is 0.192 e. The maximum absolute atomic E-state index is 10.8. The largest absolute Gasteiger partial charge is 0.412 e. The van der Waals surface area contributed by atoms with Gasteiger partial charge in [0.25, 0.3) is 0 Å². The molecular weight excluding hydrogens is 244 g/mol. The summed E-state index contributed by atoms with van der Waals surface area (Å²) in [5.74, 6) is 0.459. The van der Waals surface area contributed by atoms with Gasteiger partial charge in [-0.15, -0.1) is 0 Å². The zero-order valence-corrected chi connectivity index (χ0v) is 13.2. The number of nitrogens with zero attached hydrogens (tertiary/aromatic N) is 2. The van der Waals surface area contributed by atoms with Crippen molar-refractivity contribution in [3.8, 4) is 0 Å². The molecule has 5 heteroatoms. The standard InChI is InChI=1S/C13H24N2O2Si/c1-11(17-18(5,6)13(2,3)4)9-15-8-7-14-12(15)10-16/h7-8,10-11H,9H2,1-6H3/t11-/m1/s1. The average molecular weight is 268 g/mol. The normalized spacial score (nSPS) is 14.6. The van der Waals surface area contributed by atoms with Crippen molar-refractivity contribution in [1.82, 2.24) is 9.55 Å². The molecule has 0 saturated heterocycles. The second-order valence-electron chi connectivity index (χ2n) is 6.24. The van der Waals surface area contributed by atoms with Crippen molar-refractivity contribution in [2.45, 2.75) is 58.5 Å². The summed E-state index contributed by atoms with van der Waals surface area (Å²) in [6.07, 6.45) is 4.32. The number of hydrogen-bond acceptors (Lipinski definition) is 3. The Bertz CT molecular complexity index is 407. The number of aromatic nitrogens is 2. The summed E-state index contributed by atoms with van der Waals surface area (Å²) in [5, 5.41) is 0.198. The highest BCUT2D eigenvalue weighted by atomic mass is 28.4. The van der Waals surface area contributed by atoms with E-state index in [0.717, 1.165) is 6.29 Å². The lowest BCUT2D eigenvalue weighted by Gasteiger charge is -2.38. The fourth-order valence-corrected chi connectivity index (χ4v) is 3.02. The molecule has 18 heavy (non-hydrogen) atoms. The third-order valence-corrected chi connectivity index (χ3v) is 8.21. The smallest absolute Gasteiger partial charge is 0.192 e. The van der Waals surface area contributed by atoms with Gasteiger partial charge in [-0.2, -0.15) is 0 Å². The molecule has 4 nitrogen and oxygen atoms in total. The summed E-state index contributed by atoms with van der Waals surface area (Å²) in [5.41, 5.74) is 0. The van der Waals surface area contributed by atoms with Crippen LogP contribution in [0, 0.1) is 0 Å². The molecule has 0 aliphatic heterocycles. The quantitative estimate of drug-likeness (QED) is 0.609. The number of aldehydes is 1. The van der Waals surface area contributed by atoms with Gasteiger partial charge < -0.3 is 8.99 Å². The van der Waals surface area contributed by atoms with E-state index in [4.69, 9.17) is 4.43 Å². The number of carbonyl (C=O) groups is 1. The number of rotatable bonds is 5. The Hall–Kier alpha value is -0.943. The van der Waals surface area contributed by atoms with Crippen molar-refractivity contribution in [3.05, 3.63) is 18.2 Å². The predicted molar refractivity (Wildman–Crippen MR) is 75.4 cm³/mol. The lowest BCUT2D eigenvalue weighted by atomic mass is 10.2. The fraction of sp³-hybridized carbons (Fsp3) is 0.692. The van der Waals surface area contributed by atoms with Gasteiger partial charge in [0.05, 0.1) is 6.10 Å². The first kappa shape index (κ1) is 15.1. The van der Waals surface area contributed by atoms with Gasteiger partial charge in [0.15, 0.2) is 20.4 Å². The highest BCUT2D eigenvalue weighted by Gasteiger charge is 2.38. The molecule has 1 heterocycles. The Labute approximate surface area is 110 Å². The molecule has 0 unspecified atom stereocenters. The summed E-state index contributed by atoms with van der Waals surface area (Å²) < 4.78 is 8.09. The molecule has 0 N–H and O–H groups in total. The van der Waals surface area contributed by atoms with Crippen molar-refractivity contribution >= 4 is 14.6 Å². The van der Waals surface area contributed by atoms with Gasteiger partial charge in [-0.25, -0.2) is 4.98 Å². The summed E-state index contributed by atoms with van der Waals surface area (Å²) in [6, 6.07) is 0. The SMILES string of the molecule is C[C@H](Cn1ccnc1C=O)O[Si](C)(C)C(C)(C)C. The van der Waals surface area contributed by atoms with Crippen LogP contribution in [0.4, 0.5) is 0 Å². The molecule has 0 saturated carbocycles. The second-order valence-corrected chi connectivity index (χ2v) is 11.0. The van der Waals surface area contributed by atoms with E-state index in [2.05, 4.69) is 45.8 Å². The lowest BCUT2D eigenvalue weighted by molar-refractivity contribution is 0.110. The Kier molecular flexibility index (Phi) is 4.50. The van der Waals surface area contributed by atoms with Crippen LogP contribution in [-0.2, 0) is 11.0 Å². The average Bonchev–Trinajstić information content (AvgIpc) is 2.62. The monoisotopic (exact) mass is 268 g/mol. The van der Waals surface area contributed by atoms with E-state index in [-0.39, 0.29) is 11.1 Å². The minimum absolute atomic E-state index is 0.0822. The molecule has 0 aromatic carbocycles. The van der Waals surface area contributed by atoms with Crippen molar-refractivity contribution in [2.24, 2.45) is 0 Å². The van der Waals surface area contributed by atoms with Crippen molar-refractivity contribution in [3.63, 3.8) is 0 Å². The molecule has 0 aliphatic rings. The number of carbonyl (C=O) groups excluding carboxylic acids is 1. The topological polar surface area (TPSA) is 44.1 Å². The zero-order valence-electron chi connectivity index (χ0n) is 12.2. The van der Waals surface area contributed by atoms with Crippen molar-refractivity contribution in [1.29, 1.82) is 0 Å². The second kappa shape index (κ2) is 5.36. The first-order valence-corrected chi connectivity index (χ1v) is 9.22. The third kappa shape index (κ3) is 3.52. The molecule has 0 radical (unpaired) electrons. The summed E-state index contributed by atoms with van der Waals surface area (Å²) >= 11 is 0. The predicted octanol–water partition coefficient (Wildman–Crippen LogP) is 3.11. The van der Waals surface area contributed by atoms with Crippen LogP contribution < -0.4 is 0 Å². The van der Waals surface area contributed by atoms with E-state index < -0.39 is 8.32 Å². The lowest BCUT2D eigenvalue weighted by Crippen LogP contribution is -2.44. The van der Waals surface area contributed by atoms with Gasteiger partial charge in [0.2, 0.25) is 0 Å². The Morgan fingerprint density at radius 1 is 1.50 bits per heavy atom. The van der Waals surface area contributed by atoms with Crippen LogP contribution in [0.1, 0.15) is 38.3 Å².